The van der Waals surface area contributed by atoms with Gasteiger partial charge in [-0.3, -0.25) is 14.4 Å². The van der Waals surface area contributed by atoms with E-state index >= 15 is 0 Å². The molecule has 10 heteroatoms. The minimum atomic E-state index is -0.493. The second-order valence-corrected chi connectivity index (χ2v) is 9.05. The van der Waals surface area contributed by atoms with Crippen LogP contribution in [0.2, 0.25) is 0 Å². The monoisotopic (exact) mass is 466 g/mol. The standard InChI is InChI=1S/C23H22N4O5S/c28-20(12-19-22(30)26-23(33-19)27-9-1-2-10-27)24-15-5-3-14(4-6-15)21(29)25-16-7-8-17-18(11-16)32-13-31-17/h3-8,11,19H,1-2,9-10,12-13H2,(H,24,28)(H,25,29)/t19-/m1/s1. The number of amidine groups is 1. The predicted molar refractivity (Wildman–Crippen MR) is 125 cm³/mol. The number of anilines is 2. The van der Waals surface area contributed by atoms with Crippen molar-refractivity contribution in [2.75, 3.05) is 30.5 Å². The third-order valence-electron chi connectivity index (χ3n) is 5.54. The van der Waals surface area contributed by atoms with Crippen LogP contribution in [0.25, 0.3) is 0 Å². The molecule has 3 aliphatic heterocycles. The Bertz CT molecular complexity index is 1130. The Morgan fingerprint density at radius 3 is 2.52 bits per heavy atom. The summed E-state index contributed by atoms with van der Waals surface area (Å²) < 4.78 is 10.6. The molecule has 5 rings (SSSR count). The Kier molecular flexibility index (Phi) is 5.91. The number of ether oxygens (including phenoxy) is 2. The average molecular weight is 467 g/mol. The van der Waals surface area contributed by atoms with Gasteiger partial charge in [0.1, 0.15) is 5.25 Å². The molecule has 33 heavy (non-hydrogen) atoms. The molecule has 0 spiro atoms. The largest absolute Gasteiger partial charge is 0.454 e. The summed E-state index contributed by atoms with van der Waals surface area (Å²) in [4.78, 5) is 43.4. The molecule has 3 heterocycles. The van der Waals surface area contributed by atoms with Gasteiger partial charge in [-0.1, -0.05) is 11.8 Å². The third-order valence-corrected chi connectivity index (χ3v) is 6.75. The maximum atomic E-state index is 12.5. The van der Waals surface area contributed by atoms with Crippen molar-refractivity contribution in [3.8, 4) is 11.5 Å². The first-order valence-corrected chi connectivity index (χ1v) is 11.6. The van der Waals surface area contributed by atoms with Crippen LogP contribution in [0.3, 0.4) is 0 Å². The number of thioether (sulfide) groups is 1. The van der Waals surface area contributed by atoms with Crippen LogP contribution >= 0.6 is 11.8 Å². The summed E-state index contributed by atoms with van der Waals surface area (Å²) in [5.41, 5.74) is 1.59. The highest BCUT2D eigenvalue weighted by Gasteiger charge is 2.33. The maximum Gasteiger partial charge on any atom is 0.262 e. The highest BCUT2D eigenvalue weighted by Crippen LogP contribution is 2.34. The summed E-state index contributed by atoms with van der Waals surface area (Å²) in [5.74, 6) is 0.419. The van der Waals surface area contributed by atoms with E-state index in [-0.39, 0.29) is 30.9 Å². The Hall–Kier alpha value is -3.53. The van der Waals surface area contributed by atoms with Crippen molar-refractivity contribution in [2.45, 2.75) is 24.5 Å². The zero-order valence-corrected chi connectivity index (χ0v) is 18.5. The van der Waals surface area contributed by atoms with Gasteiger partial charge in [0.25, 0.3) is 11.8 Å². The van der Waals surface area contributed by atoms with E-state index in [1.165, 1.54) is 11.8 Å². The second-order valence-electron chi connectivity index (χ2n) is 7.89. The Morgan fingerprint density at radius 1 is 1.00 bits per heavy atom. The van der Waals surface area contributed by atoms with Crippen molar-refractivity contribution in [1.29, 1.82) is 0 Å². The van der Waals surface area contributed by atoms with Crippen LogP contribution in [0.5, 0.6) is 11.5 Å². The lowest BCUT2D eigenvalue weighted by atomic mass is 10.1. The lowest BCUT2D eigenvalue weighted by Gasteiger charge is -2.16. The van der Waals surface area contributed by atoms with Crippen molar-refractivity contribution in [1.82, 2.24) is 4.90 Å². The summed E-state index contributed by atoms with van der Waals surface area (Å²) in [7, 11) is 0. The predicted octanol–water partition coefficient (Wildman–Crippen LogP) is 3.09. The van der Waals surface area contributed by atoms with E-state index in [2.05, 4.69) is 20.5 Å². The number of nitrogens with one attached hydrogen (secondary N) is 2. The van der Waals surface area contributed by atoms with Crippen LogP contribution in [0.1, 0.15) is 29.6 Å². The van der Waals surface area contributed by atoms with Gasteiger partial charge in [-0.15, -0.1) is 0 Å². The van der Waals surface area contributed by atoms with Gasteiger partial charge in [0.15, 0.2) is 16.7 Å². The number of fused-ring (bicyclic) bond motifs is 1. The summed E-state index contributed by atoms with van der Waals surface area (Å²) >= 11 is 1.37. The molecule has 9 nitrogen and oxygen atoms in total. The molecule has 0 aliphatic carbocycles. The number of amides is 3. The zero-order valence-electron chi connectivity index (χ0n) is 17.7. The van der Waals surface area contributed by atoms with E-state index in [9.17, 15) is 14.4 Å². The van der Waals surface area contributed by atoms with Gasteiger partial charge in [0.2, 0.25) is 12.7 Å². The fraction of sp³-hybridized carbons (Fsp3) is 0.304. The van der Waals surface area contributed by atoms with E-state index in [1.807, 2.05) is 0 Å². The minimum absolute atomic E-state index is 0.0523. The van der Waals surface area contributed by atoms with Gasteiger partial charge < -0.3 is 25.0 Å². The summed E-state index contributed by atoms with van der Waals surface area (Å²) in [6, 6.07) is 11.7. The number of benzene rings is 2. The van der Waals surface area contributed by atoms with E-state index in [4.69, 9.17) is 9.47 Å². The van der Waals surface area contributed by atoms with Crippen LogP contribution in [0.15, 0.2) is 47.5 Å². The second kappa shape index (κ2) is 9.14. The van der Waals surface area contributed by atoms with Crippen molar-refractivity contribution in [3.63, 3.8) is 0 Å². The normalized spacial score (nSPS) is 18.9. The number of aliphatic imine (C=N–C) groups is 1. The first-order valence-electron chi connectivity index (χ1n) is 10.7. The van der Waals surface area contributed by atoms with Gasteiger partial charge in [0.05, 0.1) is 0 Å². The lowest BCUT2D eigenvalue weighted by Crippen LogP contribution is -2.25. The van der Waals surface area contributed by atoms with Crippen molar-refractivity contribution in [3.05, 3.63) is 48.0 Å². The molecule has 0 bridgehead atoms. The Balaban J connectivity index is 1.13. The number of carbonyl (C=O) groups is 3. The maximum absolute atomic E-state index is 12.5. The molecular formula is C23H22N4O5S. The number of likely N-dealkylation sites (tertiary alicyclic amines) is 1. The third kappa shape index (κ3) is 4.80. The SMILES string of the molecule is O=C(C[C@H]1SC(N2CCCC2)=NC1=O)Nc1ccc(C(=O)Nc2ccc3c(c2)OCO3)cc1. The van der Waals surface area contributed by atoms with Crippen molar-refractivity contribution >= 4 is 46.0 Å². The highest BCUT2D eigenvalue weighted by atomic mass is 32.2. The molecule has 0 aromatic heterocycles. The number of hydrogen-bond donors (Lipinski definition) is 2. The smallest absolute Gasteiger partial charge is 0.262 e. The molecule has 2 aromatic rings. The summed E-state index contributed by atoms with van der Waals surface area (Å²) in [6.07, 6.45) is 2.25. The average Bonchev–Trinajstić information content (AvgIpc) is 3.55. The van der Waals surface area contributed by atoms with E-state index < -0.39 is 5.25 Å². The van der Waals surface area contributed by atoms with E-state index in [1.54, 1.807) is 42.5 Å². The number of nitrogens with zero attached hydrogens (tertiary/aromatic N) is 2. The molecule has 2 aromatic carbocycles. The molecular weight excluding hydrogens is 444 g/mol. The molecule has 2 N–H and O–H groups in total. The van der Waals surface area contributed by atoms with E-state index in [0.29, 0.717) is 28.4 Å². The molecule has 1 atom stereocenters. The van der Waals surface area contributed by atoms with Crippen molar-refractivity contribution in [2.24, 2.45) is 4.99 Å². The van der Waals surface area contributed by atoms with Crippen LogP contribution in [0.4, 0.5) is 11.4 Å². The van der Waals surface area contributed by atoms with Gasteiger partial charge in [-0.2, -0.15) is 4.99 Å². The zero-order chi connectivity index (χ0) is 22.8. The first-order chi connectivity index (χ1) is 16.0. The molecule has 3 aliphatic rings. The quantitative estimate of drug-likeness (QED) is 0.697. The van der Waals surface area contributed by atoms with Gasteiger partial charge in [0, 0.05) is 42.5 Å². The lowest BCUT2D eigenvalue weighted by molar-refractivity contribution is -0.121. The topological polar surface area (TPSA) is 109 Å². The molecule has 0 radical (unpaired) electrons. The van der Waals surface area contributed by atoms with Gasteiger partial charge in [-0.05, 0) is 49.2 Å². The van der Waals surface area contributed by atoms with E-state index in [0.717, 1.165) is 31.1 Å². The van der Waals surface area contributed by atoms with Crippen LogP contribution in [0, 0.1) is 0 Å². The fourth-order valence-electron chi connectivity index (χ4n) is 3.82. The first kappa shape index (κ1) is 21.3. The van der Waals surface area contributed by atoms with Crippen LogP contribution in [-0.2, 0) is 9.59 Å². The molecule has 1 saturated heterocycles. The van der Waals surface area contributed by atoms with Gasteiger partial charge >= 0.3 is 0 Å². The number of rotatable bonds is 5. The molecule has 170 valence electrons. The number of carbonyl (C=O) groups excluding carboxylic acids is 3. The molecule has 0 unspecified atom stereocenters. The number of hydrogen-bond acceptors (Lipinski definition) is 7. The highest BCUT2D eigenvalue weighted by molar-refractivity contribution is 8.15. The Morgan fingerprint density at radius 2 is 1.73 bits per heavy atom. The van der Waals surface area contributed by atoms with Crippen LogP contribution < -0.4 is 20.1 Å². The molecule has 1 fully saturated rings. The van der Waals surface area contributed by atoms with Crippen molar-refractivity contribution < 1.29 is 23.9 Å². The summed E-state index contributed by atoms with van der Waals surface area (Å²) in [6.45, 7) is 1.99. The molecule has 0 saturated carbocycles. The minimum Gasteiger partial charge on any atom is -0.454 e. The summed E-state index contributed by atoms with van der Waals surface area (Å²) in [5, 5.41) is 5.83. The Labute approximate surface area is 194 Å². The fourth-order valence-corrected chi connectivity index (χ4v) is 4.93. The van der Waals surface area contributed by atoms with Gasteiger partial charge in [-0.25, -0.2) is 0 Å². The molecule has 3 amide bonds. The van der Waals surface area contributed by atoms with Crippen LogP contribution in [-0.4, -0.2) is 52.9 Å².